The number of anilines is 1. The maximum atomic E-state index is 13.0. The molecular weight excluding hydrogens is 333 g/mol. The lowest BCUT2D eigenvalue weighted by atomic mass is 10.2. The predicted molar refractivity (Wildman–Crippen MR) is 92.4 cm³/mol. The summed E-state index contributed by atoms with van der Waals surface area (Å²) in [5.74, 6) is 0.688. The van der Waals surface area contributed by atoms with E-state index in [9.17, 15) is 9.18 Å². The SMILES string of the molecule is CCOc1ccccc1OCCCC(=O)Nc1ccc(F)cc1Cl. The molecule has 0 aliphatic heterocycles. The average molecular weight is 352 g/mol. The summed E-state index contributed by atoms with van der Waals surface area (Å²) in [6, 6.07) is 11.2. The number of nitrogens with one attached hydrogen (secondary N) is 1. The third-order valence-corrected chi connectivity index (χ3v) is 3.47. The van der Waals surface area contributed by atoms with E-state index in [0.29, 0.717) is 36.8 Å². The summed E-state index contributed by atoms with van der Waals surface area (Å²) in [6.07, 6.45) is 0.801. The first-order chi connectivity index (χ1) is 11.6. The lowest BCUT2D eigenvalue weighted by Gasteiger charge is -2.11. The molecule has 2 aromatic carbocycles. The van der Waals surface area contributed by atoms with Gasteiger partial charge in [0, 0.05) is 6.42 Å². The fourth-order valence-electron chi connectivity index (χ4n) is 2.06. The Morgan fingerprint density at radius 2 is 1.88 bits per heavy atom. The Labute approximate surface area is 145 Å². The van der Waals surface area contributed by atoms with E-state index in [1.165, 1.54) is 12.1 Å². The van der Waals surface area contributed by atoms with E-state index in [2.05, 4.69) is 5.32 Å². The van der Waals surface area contributed by atoms with Crippen molar-refractivity contribution in [2.45, 2.75) is 19.8 Å². The molecule has 0 aromatic heterocycles. The molecule has 0 spiro atoms. The van der Waals surface area contributed by atoms with Crippen LogP contribution >= 0.6 is 11.6 Å². The van der Waals surface area contributed by atoms with Crippen LogP contribution in [0.1, 0.15) is 19.8 Å². The van der Waals surface area contributed by atoms with Crippen LogP contribution in [0.2, 0.25) is 5.02 Å². The molecule has 6 heteroatoms. The first kappa shape index (κ1) is 18.1. The Balaban J connectivity index is 1.77. The number of carbonyl (C=O) groups is 1. The maximum absolute atomic E-state index is 13.0. The molecular formula is C18H19ClFNO3. The van der Waals surface area contributed by atoms with E-state index >= 15 is 0 Å². The van der Waals surface area contributed by atoms with Crippen LogP contribution < -0.4 is 14.8 Å². The monoisotopic (exact) mass is 351 g/mol. The highest BCUT2D eigenvalue weighted by Gasteiger charge is 2.08. The highest BCUT2D eigenvalue weighted by atomic mass is 35.5. The highest BCUT2D eigenvalue weighted by molar-refractivity contribution is 6.33. The second kappa shape index (κ2) is 9.13. The van der Waals surface area contributed by atoms with Gasteiger partial charge in [-0.1, -0.05) is 23.7 Å². The van der Waals surface area contributed by atoms with E-state index in [-0.39, 0.29) is 17.4 Å². The molecule has 0 unspecified atom stereocenters. The lowest BCUT2D eigenvalue weighted by molar-refractivity contribution is -0.116. The quantitative estimate of drug-likeness (QED) is 0.703. The molecule has 0 radical (unpaired) electrons. The average Bonchev–Trinajstić information content (AvgIpc) is 2.56. The zero-order valence-corrected chi connectivity index (χ0v) is 14.1. The van der Waals surface area contributed by atoms with Gasteiger partial charge in [0.15, 0.2) is 11.5 Å². The van der Waals surface area contributed by atoms with Gasteiger partial charge >= 0.3 is 0 Å². The number of hydrogen-bond acceptors (Lipinski definition) is 3. The van der Waals surface area contributed by atoms with Crippen LogP contribution in [0.5, 0.6) is 11.5 Å². The van der Waals surface area contributed by atoms with E-state index in [0.717, 1.165) is 6.07 Å². The summed E-state index contributed by atoms with van der Waals surface area (Å²) in [7, 11) is 0. The Bertz CT molecular complexity index is 694. The molecule has 2 rings (SSSR count). The molecule has 0 saturated carbocycles. The van der Waals surface area contributed by atoms with Crippen molar-refractivity contribution in [3.63, 3.8) is 0 Å². The van der Waals surface area contributed by atoms with Crippen molar-refractivity contribution < 1.29 is 18.7 Å². The van der Waals surface area contributed by atoms with Crippen LogP contribution in [-0.2, 0) is 4.79 Å². The summed E-state index contributed by atoms with van der Waals surface area (Å²) in [6.45, 7) is 2.84. The first-order valence-electron chi connectivity index (χ1n) is 7.69. The van der Waals surface area contributed by atoms with Crippen LogP contribution in [0.3, 0.4) is 0 Å². The molecule has 24 heavy (non-hydrogen) atoms. The smallest absolute Gasteiger partial charge is 0.224 e. The molecule has 0 saturated heterocycles. The number of rotatable bonds is 8. The van der Waals surface area contributed by atoms with Crippen molar-refractivity contribution in [2.24, 2.45) is 0 Å². The molecule has 0 aliphatic carbocycles. The van der Waals surface area contributed by atoms with Gasteiger partial charge in [0.2, 0.25) is 5.91 Å². The van der Waals surface area contributed by atoms with Crippen molar-refractivity contribution in [1.82, 2.24) is 0 Å². The zero-order valence-electron chi connectivity index (χ0n) is 13.4. The molecule has 0 fully saturated rings. The lowest BCUT2D eigenvalue weighted by Crippen LogP contribution is -2.13. The number of carbonyl (C=O) groups excluding carboxylic acids is 1. The highest BCUT2D eigenvalue weighted by Crippen LogP contribution is 2.26. The summed E-state index contributed by atoms with van der Waals surface area (Å²) in [4.78, 5) is 11.9. The van der Waals surface area contributed by atoms with Crippen LogP contribution in [0.25, 0.3) is 0 Å². The molecule has 128 valence electrons. The summed E-state index contributed by atoms with van der Waals surface area (Å²) >= 11 is 5.87. The molecule has 4 nitrogen and oxygen atoms in total. The normalized spacial score (nSPS) is 10.3. The Kier molecular flexibility index (Phi) is 6.88. The number of benzene rings is 2. The Morgan fingerprint density at radius 1 is 1.17 bits per heavy atom. The number of amides is 1. The van der Waals surface area contributed by atoms with Crippen molar-refractivity contribution in [2.75, 3.05) is 18.5 Å². The summed E-state index contributed by atoms with van der Waals surface area (Å²) < 4.78 is 24.1. The fraction of sp³-hybridized carbons (Fsp3) is 0.278. The third-order valence-electron chi connectivity index (χ3n) is 3.16. The first-order valence-corrected chi connectivity index (χ1v) is 8.07. The third kappa shape index (κ3) is 5.42. The molecule has 0 heterocycles. The molecule has 1 amide bonds. The van der Waals surface area contributed by atoms with Gasteiger partial charge in [-0.3, -0.25) is 4.79 Å². The number of para-hydroxylation sites is 2. The summed E-state index contributed by atoms with van der Waals surface area (Å²) in [5, 5.41) is 2.82. The fourth-order valence-corrected chi connectivity index (χ4v) is 2.28. The standard InChI is InChI=1S/C18H19ClFNO3/c1-2-23-16-6-3-4-7-17(16)24-11-5-8-18(22)21-15-10-9-13(20)12-14(15)19/h3-4,6-7,9-10,12H,2,5,8,11H2,1H3,(H,21,22). The van der Waals surface area contributed by atoms with Gasteiger partial charge in [-0.15, -0.1) is 0 Å². The number of halogens is 2. The molecule has 1 N–H and O–H groups in total. The van der Waals surface area contributed by atoms with Gasteiger partial charge < -0.3 is 14.8 Å². The number of hydrogen-bond donors (Lipinski definition) is 1. The van der Waals surface area contributed by atoms with E-state index < -0.39 is 5.82 Å². The van der Waals surface area contributed by atoms with E-state index in [1.54, 1.807) is 0 Å². The minimum Gasteiger partial charge on any atom is -0.490 e. The summed E-state index contributed by atoms with van der Waals surface area (Å²) in [5.41, 5.74) is 0.394. The number of ether oxygens (including phenoxy) is 2. The molecule has 2 aromatic rings. The van der Waals surface area contributed by atoms with Crippen molar-refractivity contribution in [1.29, 1.82) is 0 Å². The van der Waals surface area contributed by atoms with Crippen LogP contribution in [0.15, 0.2) is 42.5 Å². The van der Waals surface area contributed by atoms with Crippen LogP contribution in [-0.4, -0.2) is 19.1 Å². The van der Waals surface area contributed by atoms with Gasteiger partial charge in [0.25, 0.3) is 0 Å². The topological polar surface area (TPSA) is 47.6 Å². The largest absolute Gasteiger partial charge is 0.490 e. The Hall–Kier alpha value is -2.27. The van der Waals surface area contributed by atoms with Gasteiger partial charge in [-0.05, 0) is 43.7 Å². The molecule has 0 aliphatic rings. The zero-order chi connectivity index (χ0) is 17.4. The van der Waals surface area contributed by atoms with Gasteiger partial charge in [-0.25, -0.2) is 4.39 Å². The molecule has 0 bridgehead atoms. The van der Waals surface area contributed by atoms with Gasteiger partial charge in [0.1, 0.15) is 5.82 Å². The van der Waals surface area contributed by atoms with E-state index in [1.807, 2.05) is 31.2 Å². The second-order valence-corrected chi connectivity index (χ2v) is 5.41. The van der Waals surface area contributed by atoms with Crippen molar-refractivity contribution >= 4 is 23.2 Å². The molecule has 0 atom stereocenters. The van der Waals surface area contributed by atoms with E-state index in [4.69, 9.17) is 21.1 Å². The Morgan fingerprint density at radius 3 is 2.54 bits per heavy atom. The van der Waals surface area contributed by atoms with Crippen LogP contribution in [0, 0.1) is 5.82 Å². The maximum Gasteiger partial charge on any atom is 0.224 e. The predicted octanol–water partition coefficient (Wildman–Crippen LogP) is 4.68. The minimum atomic E-state index is -0.445. The second-order valence-electron chi connectivity index (χ2n) is 5.00. The van der Waals surface area contributed by atoms with Gasteiger partial charge in [-0.2, -0.15) is 0 Å². The van der Waals surface area contributed by atoms with Crippen molar-refractivity contribution in [3.05, 3.63) is 53.3 Å². The van der Waals surface area contributed by atoms with Crippen LogP contribution in [0.4, 0.5) is 10.1 Å². The van der Waals surface area contributed by atoms with Crippen molar-refractivity contribution in [3.8, 4) is 11.5 Å². The minimum absolute atomic E-state index is 0.172. The van der Waals surface area contributed by atoms with Gasteiger partial charge in [0.05, 0.1) is 23.9 Å².